The van der Waals surface area contributed by atoms with Crippen molar-refractivity contribution >= 4 is 63.9 Å². The standard InChI is InChI=1S/C28H26Cl2N4O3S2/c1-37-13-6-12-31-23(35)16-33-24(36)17-39-27(18-7-4-8-19(29)15-18)25-26(22-11-5-14-38-22)32-34(28(25)33)21-10-3-2-9-20(21)30/h2-5,7-11,14-15,27H,6,12-13,16-17H2,1H3,(H,31,35). The van der Waals surface area contributed by atoms with Crippen LogP contribution in [0.25, 0.3) is 16.3 Å². The van der Waals surface area contributed by atoms with E-state index in [9.17, 15) is 9.59 Å². The zero-order chi connectivity index (χ0) is 27.4. The molecule has 1 aliphatic rings. The van der Waals surface area contributed by atoms with Gasteiger partial charge in [-0.15, -0.1) is 23.1 Å². The Balaban J connectivity index is 1.71. The number of anilines is 1. The van der Waals surface area contributed by atoms with Crippen LogP contribution in [0.4, 0.5) is 5.82 Å². The highest BCUT2D eigenvalue weighted by Crippen LogP contribution is 2.49. The number of hydrogen-bond donors (Lipinski definition) is 1. The van der Waals surface area contributed by atoms with Crippen LogP contribution in [0.3, 0.4) is 0 Å². The second kappa shape index (κ2) is 12.6. The Morgan fingerprint density at radius 2 is 2.00 bits per heavy atom. The van der Waals surface area contributed by atoms with Crippen molar-refractivity contribution in [3.05, 3.63) is 87.2 Å². The molecule has 0 fully saturated rings. The highest BCUT2D eigenvalue weighted by Gasteiger charge is 2.38. The zero-order valence-electron chi connectivity index (χ0n) is 21.1. The maximum atomic E-state index is 13.7. The molecule has 11 heteroatoms. The normalized spacial score (nSPS) is 15.2. The van der Waals surface area contributed by atoms with Gasteiger partial charge in [0.1, 0.15) is 18.1 Å². The van der Waals surface area contributed by atoms with E-state index in [0.717, 1.165) is 21.7 Å². The molecular weight excluding hydrogens is 575 g/mol. The van der Waals surface area contributed by atoms with Gasteiger partial charge < -0.3 is 10.1 Å². The van der Waals surface area contributed by atoms with Crippen LogP contribution in [-0.4, -0.2) is 54.2 Å². The van der Waals surface area contributed by atoms with Crippen LogP contribution in [0.15, 0.2) is 66.0 Å². The molecule has 0 saturated carbocycles. The van der Waals surface area contributed by atoms with Crippen molar-refractivity contribution in [3.8, 4) is 16.3 Å². The molecule has 4 aromatic rings. The molecule has 1 unspecified atom stereocenters. The summed E-state index contributed by atoms with van der Waals surface area (Å²) in [5.74, 6) is 0.248. The number of nitrogens with zero attached hydrogens (tertiary/aromatic N) is 3. The number of fused-ring (bicyclic) bond motifs is 1. The molecule has 7 nitrogen and oxygen atoms in total. The number of ether oxygens (including phenoxy) is 1. The van der Waals surface area contributed by atoms with Crippen LogP contribution in [-0.2, 0) is 14.3 Å². The van der Waals surface area contributed by atoms with Gasteiger partial charge in [-0.2, -0.15) is 5.10 Å². The Kier molecular flexibility index (Phi) is 8.94. The minimum Gasteiger partial charge on any atom is -0.385 e. The number of carbonyl (C=O) groups excluding carboxylic acids is 2. The van der Waals surface area contributed by atoms with E-state index in [1.54, 1.807) is 29.2 Å². The van der Waals surface area contributed by atoms with Gasteiger partial charge in [-0.3, -0.25) is 14.5 Å². The molecule has 1 atom stereocenters. The Labute approximate surface area is 245 Å². The molecule has 2 amide bonds. The third-order valence-electron chi connectivity index (χ3n) is 6.22. The topological polar surface area (TPSA) is 76.5 Å². The van der Waals surface area contributed by atoms with Crippen LogP contribution in [0.1, 0.15) is 22.8 Å². The van der Waals surface area contributed by atoms with Crippen molar-refractivity contribution < 1.29 is 14.3 Å². The third kappa shape index (κ3) is 6.02. The van der Waals surface area contributed by atoms with Gasteiger partial charge in [-0.25, -0.2) is 4.68 Å². The molecule has 0 bridgehead atoms. The first kappa shape index (κ1) is 27.7. The number of thiophene rings is 1. The Hall–Kier alpha value is -2.82. The molecule has 0 aliphatic carbocycles. The van der Waals surface area contributed by atoms with Crippen LogP contribution in [0.2, 0.25) is 10.0 Å². The number of hydrogen-bond acceptors (Lipinski definition) is 6. The van der Waals surface area contributed by atoms with Crippen molar-refractivity contribution in [1.29, 1.82) is 0 Å². The van der Waals surface area contributed by atoms with Crippen molar-refractivity contribution in [2.75, 3.05) is 37.5 Å². The number of nitrogens with one attached hydrogen (secondary N) is 1. The first-order chi connectivity index (χ1) is 19.0. The van der Waals surface area contributed by atoms with Gasteiger partial charge in [-0.05, 0) is 47.7 Å². The van der Waals surface area contributed by atoms with E-state index < -0.39 is 0 Å². The molecule has 0 saturated heterocycles. The molecule has 0 radical (unpaired) electrons. The van der Waals surface area contributed by atoms with Gasteiger partial charge in [0.25, 0.3) is 0 Å². The second-order valence-corrected chi connectivity index (χ2v) is 11.7. The molecule has 2 aromatic carbocycles. The number of para-hydroxylation sites is 1. The number of carbonyl (C=O) groups is 2. The van der Waals surface area contributed by atoms with E-state index in [2.05, 4.69) is 5.32 Å². The average molecular weight is 602 g/mol. The lowest BCUT2D eigenvalue weighted by atomic mass is 10.0. The fourth-order valence-electron chi connectivity index (χ4n) is 4.48. The molecule has 5 rings (SSSR count). The summed E-state index contributed by atoms with van der Waals surface area (Å²) < 4.78 is 6.78. The average Bonchev–Trinajstić information content (AvgIpc) is 3.56. The Morgan fingerprint density at radius 1 is 1.15 bits per heavy atom. The number of aromatic nitrogens is 2. The van der Waals surface area contributed by atoms with E-state index in [0.29, 0.717) is 41.1 Å². The largest absolute Gasteiger partial charge is 0.385 e. The predicted octanol–water partition coefficient (Wildman–Crippen LogP) is 6.23. The van der Waals surface area contributed by atoms with Crippen LogP contribution in [0.5, 0.6) is 0 Å². The molecule has 0 spiro atoms. The molecule has 1 N–H and O–H groups in total. The number of rotatable bonds is 9. The van der Waals surface area contributed by atoms with Gasteiger partial charge >= 0.3 is 0 Å². The molecule has 1 aliphatic heterocycles. The maximum Gasteiger partial charge on any atom is 0.240 e. The van der Waals surface area contributed by atoms with Crippen LogP contribution >= 0.6 is 46.3 Å². The minimum absolute atomic E-state index is 0.151. The van der Waals surface area contributed by atoms with Gasteiger partial charge in [0.15, 0.2) is 0 Å². The zero-order valence-corrected chi connectivity index (χ0v) is 24.2. The predicted molar refractivity (Wildman–Crippen MR) is 159 cm³/mol. The highest BCUT2D eigenvalue weighted by atomic mass is 35.5. The highest BCUT2D eigenvalue weighted by molar-refractivity contribution is 8.00. The summed E-state index contributed by atoms with van der Waals surface area (Å²) in [6, 6.07) is 19.0. The summed E-state index contributed by atoms with van der Waals surface area (Å²) in [7, 11) is 1.62. The maximum absolute atomic E-state index is 13.7. The van der Waals surface area contributed by atoms with Gasteiger partial charge in [0, 0.05) is 30.8 Å². The van der Waals surface area contributed by atoms with Gasteiger partial charge in [-0.1, -0.05) is 53.5 Å². The fourth-order valence-corrected chi connectivity index (χ4v) is 6.81. The van der Waals surface area contributed by atoms with Crippen molar-refractivity contribution in [3.63, 3.8) is 0 Å². The Morgan fingerprint density at radius 3 is 2.74 bits per heavy atom. The van der Waals surface area contributed by atoms with Gasteiger partial charge in [0.05, 0.1) is 26.6 Å². The van der Waals surface area contributed by atoms with E-state index in [4.69, 9.17) is 33.0 Å². The first-order valence-electron chi connectivity index (χ1n) is 12.3. The van der Waals surface area contributed by atoms with Crippen molar-refractivity contribution in [2.45, 2.75) is 11.7 Å². The summed E-state index contributed by atoms with van der Waals surface area (Å²) in [6.45, 7) is 0.835. The summed E-state index contributed by atoms with van der Waals surface area (Å²) >= 11 is 16.1. The van der Waals surface area contributed by atoms with E-state index >= 15 is 0 Å². The molecule has 39 heavy (non-hydrogen) atoms. The lowest BCUT2D eigenvalue weighted by molar-refractivity contribution is -0.122. The summed E-state index contributed by atoms with van der Waals surface area (Å²) in [6.07, 6.45) is 0.675. The fraction of sp³-hybridized carbons (Fsp3) is 0.250. The van der Waals surface area contributed by atoms with Crippen molar-refractivity contribution in [1.82, 2.24) is 15.1 Å². The second-order valence-electron chi connectivity index (χ2n) is 8.85. The lowest BCUT2D eigenvalue weighted by Gasteiger charge is -2.23. The minimum atomic E-state index is -0.263. The number of amides is 2. The van der Waals surface area contributed by atoms with Gasteiger partial charge in [0.2, 0.25) is 11.8 Å². The number of benzene rings is 2. The summed E-state index contributed by atoms with van der Waals surface area (Å²) in [5.41, 5.74) is 3.14. The Bertz CT molecular complexity index is 1480. The first-order valence-corrected chi connectivity index (χ1v) is 15.0. The van der Waals surface area contributed by atoms with Crippen LogP contribution < -0.4 is 10.2 Å². The smallest absolute Gasteiger partial charge is 0.240 e. The monoisotopic (exact) mass is 600 g/mol. The molecule has 3 heterocycles. The third-order valence-corrected chi connectivity index (χ3v) is 8.91. The lowest BCUT2D eigenvalue weighted by Crippen LogP contribution is -2.42. The number of halogens is 2. The SMILES string of the molecule is COCCCNC(=O)CN1C(=O)CSC(c2cccc(Cl)c2)c2c(-c3cccs3)nn(-c3ccccc3Cl)c21. The molecular formula is C28H26Cl2N4O3S2. The van der Waals surface area contributed by atoms with Crippen molar-refractivity contribution in [2.24, 2.45) is 0 Å². The number of thioether (sulfide) groups is 1. The van der Waals surface area contributed by atoms with Crippen LogP contribution in [0, 0.1) is 0 Å². The van der Waals surface area contributed by atoms with E-state index in [1.165, 1.54) is 16.7 Å². The molecule has 202 valence electrons. The summed E-state index contributed by atoms with van der Waals surface area (Å²) in [4.78, 5) is 29.2. The van der Waals surface area contributed by atoms with E-state index in [1.807, 2.05) is 60.0 Å². The molecule has 2 aromatic heterocycles. The van der Waals surface area contributed by atoms with E-state index in [-0.39, 0.29) is 29.4 Å². The number of methoxy groups -OCH3 is 1. The quantitative estimate of drug-likeness (QED) is 0.230. The summed E-state index contributed by atoms with van der Waals surface area (Å²) in [5, 5.41) is 10.8.